The Morgan fingerprint density at radius 2 is 2.30 bits per heavy atom. The highest BCUT2D eigenvalue weighted by atomic mass is 35.5. The number of carbonyl (C=O) groups is 1. The maximum Gasteiger partial charge on any atom is 0.325 e. The molecule has 0 aliphatic carbocycles. The normalized spacial score (nSPS) is 11.1. The zero-order valence-electron chi connectivity index (χ0n) is 10.1. The van der Waals surface area contributed by atoms with Crippen LogP contribution in [0.1, 0.15) is 0 Å². The monoisotopic (exact) mass is 292 g/mol. The van der Waals surface area contributed by atoms with E-state index in [-0.39, 0.29) is 17.6 Å². The first-order chi connectivity index (χ1) is 9.54. The second-order valence-electron chi connectivity index (χ2n) is 4.17. The van der Waals surface area contributed by atoms with Crippen molar-refractivity contribution in [1.82, 2.24) is 14.8 Å². The fourth-order valence-electron chi connectivity index (χ4n) is 1.97. The Morgan fingerprint density at radius 1 is 1.50 bits per heavy atom. The highest BCUT2D eigenvalue weighted by Crippen LogP contribution is 2.34. The van der Waals surface area contributed by atoms with Gasteiger partial charge in [-0.1, -0.05) is 0 Å². The van der Waals surface area contributed by atoms with Crippen LogP contribution in [0.5, 0.6) is 0 Å². The maximum atomic E-state index is 10.7. The van der Waals surface area contributed by atoms with Crippen molar-refractivity contribution in [2.45, 2.75) is 6.54 Å². The molecule has 3 N–H and O–H groups in total. The summed E-state index contributed by atoms with van der Waals surface area (Å²) >= 11 is 5.84. The molecular formula is C12H9ClN4O3. The van der Waals surface area contributed by atoms with Gasteiger partial charge >= 0.3 is 5.97 Å². The number of nitrogen functional groups attached to an aromatic ring is 1. The predicted octanol–water partition coefficient (Wildman–Crippen LogP) is 2.01. The Labute approximate surface area is 117 Å². The predicted molar refractivity (Wildman–Crippen MR) is 72.3 cm³/mol. The molecule has 3 aromatic rings. The summed E-state index contributed by atoms with van der Waals surface area (Å²) in [5.74, 6) is -0.722. The van der Waals surface area contributed by atoms with Crippen LogP contribution in [-0.2, 0) is 11.3 Å². The minimum Gasteiger partial charge on any atom is -0.480 e. The molecule has 3 heterocycles. The molecular weight excluding hydrogens is 284 g/mol. The van der Waals surface area contributed by atoms with Crippen LogP contribution in [0.2, 0.25) is 5.22 Å². The standard InChI is InChI=1S/C12H9ClN4O3/c13-9-1-7-8(3-15-12(14)11(7)20-9)6-2-16-17(4-6)5-10(18)19/h1-4H,5H2,(H2,14,15)(H,18,19). The molecule has 0 radical (unpaired) electrons. The molecule has 0 amide bonds. The largest absolute Gasteiger partial charge is 0.480 e. The Hall–Kier alpha value is -2.54. The number of carboxylic acids is 1. The molecule has 0 saturated carbocycles. The fraction of sp³-hybridized carbons (Fsp3) is 0.0833. The molecule has 0 aromatic carbocycles. The third-order valence-corrected chi connectivity index (χ3v) is 2.99. The van der Waals surface area contributed by atoms with Gasteiger partial charge in [-0.3, -0.25) is 9.48 Å². The van der Waals surface area contributed by atoms with Crippen LogP contribution in [0.15, 0.2) is 29.1 Å². The number of aliphatic carboxylic acids is 1. The first-order valence-electron chi connectivity index (χ1n) is 5.62. The summed E-state index contributed by atoms with van der Waals surface area (Å²) in [7, 11) is 0. The van der Waals surface area contributed by atoms with Gasteiger partial charge in [0.1, 0.15) is 6.54 Å². The van der Waals surface area contributed by atoms with Crippen molar-refractivity contribution in [3.63, 3.8) is 0 Å². The van der Waals surface area contributed by atoms with Crippen molar-refractivity contribution in [2.24, 2.45) is 0 Å². The average molecular weight is 293 g/mol. The number of rotatable bonds is 3. The molecule has 0 aliphatic heterocycles. The van der Waals surface area contributed by atoms with Crippen LogP contribution in [0.3, 0.4) is 0 Å². The third-order valence-electron chi connectivity index (χ3n) is 2.80. The zero-order valence-corrected chi connectivity index (χ0v) is 10.8. The van der Waals surface area contributed by atoms with Gasteiger partial charge in [0.25, 0.3) is 0 Å². The molecule has 0 fully saturated rings. The lowest BCUT2D eigenvalue weighted by atomic mass is 10.1. The SMILES string of the molecule is Nc1ncc(-c2cnn(CC(=O)O)c2)c2cc(Cl)oc12. The number of nitrogens with two attached hydrogens (primary N) is 1. The van der Waals surface area contributed by atoms with Crippen LogP contribution in [0.25, 0.3) is 22.1 Å². The van der Waals surface area contributed by atoms with Crippen molar-refractivity contribution in [2.75, 3.05) is 5.73 Å². The molecule has 0 bridgehead atoms. The van der Waals surface area contributed by atoms with Gasteiger partial charge in [-0.05, 0) is 11.6 Å². The molecule has 102 valence electrons. The van der Waals surface area contributed by atoms with Gasteiger partial charge < -0.3 is 15.3 Å². The highest BCUT2D eigenvalue weighted by molar-refractivity contribution is 6.30. The second-order valence-corrected chi connectivity index (χ2v) is 4.54. The quantitative estimate of drug-likeness (QED) is 0.764. The number of fused-ring (bicyclic) bond motifs is 1. The number of aromatic nitrogens is 3. The van der Waals surface area contributed by atoms with E-state index in [4.69, 9.17) is 26.9 Å². The van der Waals surface area contributed by atoms with Crippen molar-refractivity contribution in [3.05, 3.63) is 29.9 Å². The number of furan rings is 1. The summed E-state index contributed by atoms with van der Waals surface area (Å²) in [6.07, 6.45) is 4.74. The molecule has 0 atom stereocenters. The van der Waals surface area contributed by atoms with Gasteiger partial charge in [-0.2, -0.15) is 5.10 Å². The van der Waals surface area contributed by atoms with E-state index in [1.54, 1.807) is 24.7 Å². The molecule has 20 heavy (non-hydrogen) atoms. The van der Waals surface area contributed by atoms with Crippen LogP contribution in [-0.4, -0.2) is 25.8 Å². The molecule has 8 heteroatoms. The molecule has 3 rings (SSSR count). The molecule has 7 nitrogen and oxygen atoms in total. The Bertz CT molecular complexity index is 808. The average Bonchev–Trinajstić information content (AvgIpc) is 2.96. The van der Waals surface area contributed by atoms with Gasteiger partial charge in [-0.15, -0.1) is 0 Å². The highest BCUT2D eigenvalue weighted by Gasteiger charge is 2.14. The summed E-state index contributed by atoms with van der Waals surface area (Å²) in [5, 5.41) is 13.6. The first-order valence-corrected chi connectivity index (χ1v) is 6.00. The number of halogens is 1. The molecule has 0 saturated heterocycles. The Balaban J connectivity index is 2.12. The van der Waals surface area contributed by atoms with Crippen molar-refractivity contribution >= 4 is 34.4 Å². The van der Waals surface area contributed by atoms with E-state index in [9.17, 15) is 4.79 Å². The maximum absolute atomic E-state index is 10.7. The van der Waals surface area contributed by atoms with Crippen LogP contribution in [0.4, 0.5) is 5.82 Å². The van der Waals surface area contributed by atoms with E-state index in [1.807, 2.05) is 0 Å². The summed E-state index contributed by atoms with van der Waals surface area (Å²) in [5.41, 5.74) is 7.56. The van der Waals surface area contributed by atoms with E-state index < -0.39 is 5.97 Å². The number of anilines is 1. The topological polar surface area (TPSA) is 107 Å². The van der Waals surface area contributed by atoms with E-state index >= 15 is 0 Å². The molecule has 0 aliphatic rings. The number of hydrogen-bond acceptors (Lipinski definition) is 5. The van der Waals surface area contributed by atoms with E-state index in [1.165, 1.54) is 4.68 Å². The summed E-state index contributed by atoms with van der Waals surface area (Å²) in [6, 6.07) is 1.64. The summed E-state index contributed by atoms with van der Waals surface area (Å²) < 4.78 is 6.61. The minimum atomic E-state index is -0.966. The van der Waals surface area contributed by atoms with Crippen molar-refractivity contribution in [1.29, 1.82) is 0 Å². The minimum absolute atomic E-state index is 0.207. The summed E-state index contributed by atoms with van der Waals surface area (Å²) in [6.45, 7) is -0.211. The van der Waals surface area contributed by atoms with Gasteiger partial charge in [-0.25, -0.2) is 4.98 Å². The second kappa shape index (κ2) is 4.53. The third kappa shape index (κ3) is 2.08. The van der Waals surface area contributed by atoms with Crippen molar-refractivity contribution < 1.29 is 14.3 Å². The smallest absolute Gasteiger partial charge is 0.325 e. The number of pyridine rings is 1. The Kier molecular flexibility index (Phi) is 2.83. The molecule has 0 spiro atoms. The molecule has 3 aromatic heterocycles. The van der Waals surface area contributed by atoms with Crippen LogP contribution < -0.4 is 5.73 Å². The van der Waals surface area contributed by atoms with E-state index in [0.29, 0.717) is 16.5 Å². The lowest BCUT2D eigenvalue weighted by Gasteiger charge is -2.00. The van der Waals surface area contributed by atoms with Gasteiger partial charge in [0.15, 0.2) is 16.6 Å². The fourth-order valence-corrected chi connectivity index (χ4v) is 2.16. The van der Waals surface area contributed by atoms with Gasteiger partial charge in [0.05, 0.1) is 6.20 Å². The van der Waals surface area contributed by atoms with Gasteiger partial charge in [0.2, 0.25) is 0 Å². The number of nitrogens with zero attached hydrogens (tertiary/aromatic N) is 3. The lowest BCUT2D eigenvalue weighted by Crippen LogP contribution is -2.08. The van der Waals surface area contributed by atoms with Crippen molar-refractivity contribution in [3.8, 4) is 11.1 Å². The molecule has 0 unspecified atom stereocenters. The lowest BCUT2D eigenvalue weighted by molar-refractivity contribution is -0.137. The summed E-state index contributed by atoms with van der Waals surface area (Å²) in [4.78, 5) is 14.7. The number of hydrogen-bond donors (Lipinski definition) is 2. The van der Waals surface area contributed by atoms with Crippen LogP contribution >= 0.6 is 11.6 Å². The Morgan fingerprint density at radius 3 is 3.05 bits per heavy atom. The first kappa shape index (κ1) is 12.5. The van der Waals surface area contributed by atoms with Crippen LogP contribution in [0, 0.1) is 0 Å². The van der Waals surface area contributed by atoms with E-state index in [0.717, 1.165) is 5.56 Å². The van der Waals surface area contributed by atoms with E-state index in [2.05, 4.69) is 10.1 Å². The number of carboxylic acid groups (broad SMARTS) is 1. The zero-order chi connectivity index (χ0) is 14.3. The van der Waals surface area contributed by atoms with Gasteiger partial charge in [0, 0.05) is 35.0 Å².